The summed E-state index contributed by atoms with van der Waals surface area (Å²) in [6.45, 7) is 4.15. The molecule has 0 saturated carbocycles. The van der Waals surface area contributed by atoms with E-state index >= 15 is 0 Å². The summed E-state index contributed by atoms with van der Waals surface area (Å²) in [5.41, 5.74) is 5.27. The van der Waals surface area contributed by atoms with Gasteiger partial charge >= 0.3 is 0 Å². The zero-order valence-corrected chi connectivity index (χ0v) is 14.8. The first-order valence-corrected chi connectivity index (χ1v) is 9.30. The number of carbonyl (C=O) groups excluding carboxylic acids is 1. The number of piperidine rings is 1. The van der Waals surface area contributed by atoms with E-state index in [2.05, 4.69) is 32.9 Å². The topological polar surface area (TPSA) is 101 Å². The van der Waals surface area contributed by atoms with Crippen molar-refractivity contribution in [2.45, 2.75) is 24.7 Å². The summed E-state index contributed by atoms with van der Waals surface area (Å²) >= 11 is 3.20. The number of nitrogens with two attached hydrogens (primary N) is 1. The fourth-order valence-corrected chi connectivity index (χ4v) is 4.40. The Morgan fingerprint density at radius 3 is 2.77 bits per heavy atom. The summed E-state index contributed by atoms with van der Waals surface area (Å²) < 4.78 is 28.0. The lowest BCUT2D eigenvalue weighted by molar-refractivity contribution is 0.1000. The van der Waals surface area contributed by atoms with Crippen molar-refractivity contribution >= 4 is 31.9 Å². The summed E-state index contributed by atoms with van der Waals surface area (Å²) in [5.74, 6) is -0.666. The second kappa shape index (κ2) is 6.66. The van der Waals surface area contributed by atoms with Gasteiger partial charge in [-0.2, -0.15) is 0 Å². The molecule has 4 N–H and O–H groups in total. The number of hydrogen-bond donors (Lipinski definition) is 3. The van der Waals surface area contributed by atoms with Gasteiger partial charge in [-0.1, -0.05) is 22.9 Å². The number of rotatable bonds is 5. The average Bonchev–Trinajstić information content (AvgIpc) is 2.45. The van der Waals surface area contributed by atoms with Crippen molar-refractivity contribution in [3.05, 3.63) is 28.2 Å². The van der Waals surface area contributed by atoms with E-state index in [1.165, 1.54) is 18.2 Å². The van der Waals surface area contributed by atoms with Crippen LogP contribution in [0.3, 0.4) is 0 Å². The Kier molecular flexibility index (Phi) is 5.26. The quantitative estimate of drug-likeness (QED) is 0.704. The number of halogens is 1. The molecular formula is C14H20BrN3O3S. The summed E-state index contributed by atoms with van der Waals surface area (Å²) in [6, 6.07) is 4.24. The maximum Gasteiger partial charge on any atom is 0.248 e. The fourth-order valence-electron chi connectivity index (χ4n) is 2.48. The van der Waals surface area contributed by atoms with Gasteiger partial charge in [-0.3, -0.25) is 4.79 Å². The molecule has 1 fully saturated rings. The van der Waals surface area contributed by atoms with Gasteiger partial charge in [0.25, 0.3) is 0 Å². The Balaban J connectivity index is 2.18. The first kappa shape index (κ1) is 17.4. The second-order valence-corrected chi connectivity index (χ2v) is 8.64. The molecule has 0 bridgehead atoms. The molecule has 1 saturated heterocycles. The van der Waals surface area contributed by atoms with Crippen LogP contribution in [0.1, 0.15) is 30.1 Å². The van der Waals surface area contributed by atoms with Gasteiger partial charge < -0.3 is 11.1 Å². The third-order valence-electron chi connectivity index (χ3n) is 3.84. The van der Waals surface area contributed by atoms with Crippen LogP contribution in [0.15, 0.2) is 27.6 Å². The van der Waals surface area contributed by atoms with Crippen LogP contribution >= 0.6 is 15.9 Å². The lowest BCUT2D eigenvalue weighted by atomic mass is 9.83. The SMILES string of the molecule is CC1(CNS(=O)(=O)c2cc(Br)cc(C(N)=O)c2)CCCNC1. The molecule has 0 radical (unpaired) electrons. The molecule has 1 unspecified atom stereocenters. The third-order valence-corrected chi connectivity index (χ3v) is 5.68. The number of amides is 1. The molecule has 8 heteroatoms. The van der Waals surface area contributed by atoms with Crippen LogP contribution in [0, 0.1) is 5.41 Å². The lowest BCUT2D eigenvalue weighted by Gasteiger charge is -2.34. The van der Waals surface area contributed by atoms with Crippen LogP contribution in [0.25, 0.3) is 0 Å². The highest BCUT2D eigenvalue weighted by Gasteiger charge is 2.29. The molecule has 1 aliphatic heterocycles. The normalized spacial score (nSPS) is 22.5. The van der Waals surface area contributed by atoms with Crippen molar-refractivity contribution < 1.29 is 13.2 Å². The van der Waals surface area contributed by atoms with Crippen LogP contribution < -0.4 is 15.8 Å². The Hall–Kier alpha value is -0.960. The van der Waals surface area contributed by atoms with Crippen molar-refractivity contribution in [2.24, 2.45) is 11.1 Å². The van der Waals surface area contributed by atoms with Crippen LogP contribution in [0.5, 0.6) is 0 Å². The van der Waals surface area contributed by atoms with Gasteiger partial charge in [0.1, 0.15) is 0 Å². The van der Waals surface area contributed by atoms with Gasteiger partial charge in [0, 0.05) is 23.1 Å². The minimum atomic E-state index is -3.69. The molecule has 1 atom stereocenters. The van der Waals surface area contributed by atoms with E-state index in [9.17, 15) is 13.2 Å². The lowest BCUT2D eigenvalue weighted by Crippen LogP contribution is -2.45. The minimum absolute atomic E-state index is 0.0306. The average molecular weight is 390 g/mol. The van der Waals surface area contributed by atoms with Crippen LogP contribution in [-0.2, 0) is 10.0 Å². The molecule has 122 valence electrons. The molecule has 0 aromatic heterocycles. The van der Waals surface area contributed by atoms with Gasteiger partial charge in [0.15, 0.2) is 0 Å². The molecule has 22 heavy (non-hydrogen) atoms. The van der Waals surface area contributed by atoms with E-state index < -0.39 is 15.9 Å². The zero-order valence-electron chi connectivity index (χ0n) is 12.4. The summed E-state index contributed by atoms with van der Waals surface area (Å²) in [4.78, 5) is 11.3. The Labute approximate surface area is 139 Å². The molecule has 1 aromatic rings. The van der Waals surface area contributed by atoms with Crippen LogP contribution in [0.2, 0.25) is 0 Å². The van der Waals surface area contributed by atoms with E-state index in [4.69, 9.17) is 5.73 Å². The highest BCUT2D eigenvalue weighted by Crippen LogP contribution is 2.25. The van der Waals surface area contributed by atoms with Gasteiger partial charge in [-0.25, -0.2) is 13.1 Å². The highest BCUT2D eigenvalue weighted by atomic mass is 79.9. The number of nitrogens with one attached hydrogen (secondary N) is 2. The monoisotopic (exact) mass is 389 g/mol. The summed E-state index contributed by atoms with van der Waals surface area (Å²) in [7, 11) is -3.69. The Morgan fingerprint density at radius 1 is 1.45 bits per heavy atom. The zero-order chi connectivity index (χ0) is 16.4. The van der Waals surface area contributed by atoms with Crippen LogP contribution in [0.4, 0.5) is 0 Å². The van der Waals surface area contributed by atoms with Crippen molar-refractivity contribution in [3.63, 3.8) is 0 Å². The molecule has 1 aromatic carbocycles. The highest BCUT2D eigenvalue weighted by molar-refractivity contribution is 9.10. The predicted molar refractivity (Wildman–Crippen MR) is 88.1 cm³/mol. The maximum atomic E-state index is 12.4. The number of primary amides is 1. The molecule has 2 rings (SSSR count). The van der Waals surface area contributed by atoms with E-state index in [0.717, 1.165) is 25.9 Å². The Bertz CT molecular complexity index is 670. The van der Waals surface area contributed by atoms with Gasteiger partial charge in [0.05, 0.1) is 4.90 Å². The first-order valence-electron chi connectivity index (χ1n) is 7.03. The van der Waals surface area contributed by atoms with E-state index in [1.54, 1.807) is 0 Å². The Morgan fingerprint density at radius 2 is 2.18 bits per heavy atom. The third kappa shape index (κ3) is 4.28. The number of hydrogen-bond acceptors (Lipinski definition) is 4. The minimum Gasteiger partial charge on any atom is -0.366 e. The molecule has 1 aliphatic rings. The first-order chi connectivity index (χ1) is 10.2. The molecule has 1 amide bonds. The smallest absolute Gasteiger partial charge is 0.248 e. The number of benzene rings is 1. The molecule has 0 spiro atoms. The molecule has 1 heterocycles. The van der Waals surface area contributed by atoms with E-state index in [0.29, 0.717) is 11.0 Å². The molecule has 6 nitrogen and oxygen atoms in total. The number of carbonyl (C=O) groups is 1. The molecule has 0 aliphatic carbocycles. The van der Waals surface area contributed by atoms with Crippen LogP contribution in [-0.4, -0.2) is 34.0 Å². The predicted octanol–water partition coefficient (Wildman–Crippen LogP) is 1.22. The largest absolute Gasteiger partial charge is 0.366 e. The van der Waals surface area contributed by atoms with Gasteiger partial charge in [0.2, 0.25) is 15.9 Å². The number of sulfonamides is 1. The van der Waals surface area contributed by atoms with Gasteiger partial charge in [-0.05, 0) is 43.0 Å². The van der Waals surface area contributed by atoms with Crippen molar-refractivity contribution in [3.8, 4) is 0 Å². The standard InChI is InChI=1S/C14H20BrN3O3S/c1-14(3-2-4-17-8-14)9-18-22(20,21)12-6-10(13(16)19)5-11(15)7-12/h5-7,17-18H,2-4,8-9H2,1H3,(H2,16,19). The van der Waals surface area contributed by atoms with Crippen molar-refractivity contribution in [2.75, 3.05) is 19.6 Å². The molecular weight excluding hydrogens is 370 g/mol. The van der Waals surface area contributed by atoms with Crippen molar-refractivity contribution in [1.82, 2.24) is 10.0 Å². The second-order valence-electron chi connectivity index (χ2n) is 5.96. The summed E-state index contributed by atoms with van der Waals surface area (Å²) in [5, 5.41) is 3.28. The van der Waals surface area contributed by atoms with E-state index in [-0.39, 0.29) is 15.9 Å². The maximum absolute atomic E-state index is 12.4. The fraction of sp³-hybridized carbons (Fsp3) is 0.500. The summed E-state index contributed by atoms with van der Waals surface area (Å²) in [6.07, 6.45) is 1.99. The van der Waals surface area contributed by atoms with E-state index in [1.807, 2.05) is 0 Å². The van der Waals surface area contributed by atoms with Crippen molar-refractivity contribution in [1.29, 1.82) is 0 Å². The van der Waals surface area contributed by atoms with Gasteiger partial charge in [-0.15, -0.1) is 0 Å².